The van der Waals surface area contributed by atoms with Gasteiger partial charge in [-0.05, 0) is 30.1 Å². The molecule has 0 amide bonds. The van der Waals surface area contributed by atoms with Gasteiger partial charge in [-0.3, -0.25) is 0 Å². The Morgan fingerprint density at radius 1 is 1.05 bits per heavy atom. The van der Waals surface area contributed by atoms with Crippen molar-refractivity contribution in [1.29, 1.82) is 0 Å². The summed E-state index contributed by atoms with van der Waals surface area (Å²) in [6, 6.07) is 10.3. The van der Waals surface area contributed by atoms with E-state index < -0.39 is 0 Å². The lowest BCUT2D eigenvalue weighted by Crippen LogP contribution is -1.87. The molecule has 1 aromatic carbocycles. The zero-order chi connectivity index (χ0) is 15.4. The molecule has 0 nitrogen and oxygen atoms in total. The fourth-order valence-electron chi connectivity index (χ4n) is 1.69. The van der Waals surface area contributed by atoms with Crippen molar-refractivity contribution in [2.24, 2.45) is 0 Å². The van der Waals surface area contributed by atoms with Gasteiger partial charge >= 0.3 is 0 Å². The molecule has 0 atom stereocenters. The average molecular weight is 266 g/mol. The first-order valence-electron chi connectivity index (χ1n) is 7.04. The van der Waals surface area contributed by atoms with Crippen molar-refractivity contribution >= 4 is 5.57 Å². The predicted octanol–water partition coefficient (Wildman–Crippen LogP) is 6.36. The zero-order valence-corrected chi connectivity index (χ0v) is 13.0. The zero-order valence-electron chi connectivity index (χ0n) is 13.0. The minimum atomic E-state index is 0.814. The quantitative estimate of drug-likeness (QED) is 0.415. The van der Waals surface area contributed by atoms with E-state index in [0.717, 1.165) is 12.0 Å². The summed E-state index contributed by atoms with van der Waals surface area (Å²) >= 11 is 0. The van der Waals surface area contributed by atoms with Crippen LogP contribution < -0.4 is 0 Å². The molecule has 0 heteroatoms. The molecule has 106 valence electrons. The molecule has 0 aliphatic rings. The van der Waals surface area contributed by atoms with E-state index >= 15 is 0 Å². The molecule has 0 aromatic heterocycles. The molecule has 0 fully saturated rings. The van der Waals surface area contributed by atoms with Gasteiger partial charge in [0.2, 0.25) is 0 Å². The summed E-state index contributed by atoms with van der Waals surface area (Å²) < 4.78 is 0. The molecule has 20 heavy (non-hydrogen) atoms. The van der Waals surface area contributed by atoms with Crippen molar-refractivity contribution < 1.29 is 0 Å². The van der Waals surface area contributed by atoms with E-state index in [1.165, 1.54) is 16.7 Å². The molecule has 0 heterocycles. The second kappa shape index (κ2) is 10.8. The molecule has 0 saturated carbocycles. The number of allylic oxidation sites excluding steroid dienone is 7. The molecule has 0 radical (unpaired) electrons. The van der Waals surface area contributed by atoms with Gasteiger partial charge in [0.1, 0.15) is 0 Å². The van der Waals surface area contributed by atoms with Crippen molar-refractivity contribution in [1.82, 2.24) is 0 Å². The van der Waals surface area contributed by atoms with Gasteiger partial charge in [0.15, 0.2) is 0 Å². The number of benzene rings is 1. The summed E-state index contributed by atoms with van der Waals surface area (Å²) in [6.45, 7) is 17.6. The minimum Gasteiger partial charge on any atom is -0.103 e. The molecule has 0 unspecified atom stereocenters. The molecule has 0 saturated heterocycles. The second-order valence-electron chi connectivity index (χ2n) is 4.18. The number of hydrogen-bond acceptors (Lipinski definition) is 0. The van der Waals surface area contributed by atoms with E-state index in [1.807, 2.05) is 57.2 Å². The summed E-state index contributed by atoms with van der Waals surface area (Å²) in [6.07, 6.45) is 8.72. The lowest BCUT2D eigenvalue weighted by molar-refractivity contribution is 1.30. The Hall–Kier alpha value is -2.08. The van der Waals surface area contributed by atoms with Gasteiger partial charge in [0.25, 0.3) is 0 Å². The lowest BCUT2D eigenvalue weighted by Gasteiger charge is -2.08. The predicted molar refractivity (Wildman–Crippen MR) is 93.7 cm³/mol. The van der Waals surface area contributed by atoms with Crippen LogP contribution in [0.2, 0.25) is 0 Å². The first kappa shape index (κ1) is 17.9. The van der Waals surface area contributed by atoms with E-state index in [-0.39, 0.29) is 0 Å². The molecule has 0 bridgehead atoms. The third kappa shape index (κ3) is 6.19. The lowest BCUT2D eigenvalue weighted by atomic mass is 9.97. The van der Waals surface area contributed by atoms with Crippen molar-refractivity contribution in [3.05, 3.63) is 91.1 Å². The maximum absolute atomic E-state index is 3.90. The van der Waals surface area contributed by atoms with E-state index in [4.69, 9.17) is 0 Å². The summed E-state index contributed by atoms with van der Waals surface area (Å²) in [5.41, 5.74) is 4.57. The third-order valence-corrected chi connectivity index (χ3v) is 2.58. The van der Waals surface area contributed by atoms with Crippen LogP contribution in [-0.4, -0.2) is 0 Å². The van der Waals surface area contributed by atoms with Crippen LogP contribution in [0.25, 0.3) is 5.57 Å². The van der Waals surface area contributed by atoms with Gasteiger partial charge in [-0.2, -0.15) is 0 Å². The highest BCUT2D eigenvalue weighted by Gasteiger charge is 2.02. The molecule has 0 spiro atoms. The van der Waals surface area contributed by atoms with E-state index in [1.54, 1.807) is 0 Å². The fourth-order valence-corrected chi connectivity index (χ4v) is 1.69. The van der Waals surface area contributed by atoms with E-state index in [9.17, 15) is 0 Å². The highest BCUT2D eigenvalue weighted by atomic mass is 14.1. The fraction of sp³-hybridized carbons (Fsp3) is 0.200. The largest absolute Gasteiger partial charge is 0.103 e. The van der Waals surface area contributed by atoms with Crippen LogP contribution in [0.3, 0.4) is 0 Å². The van der Waals surface area contributed by atoms with Gasteiger partial charge in [0, 0.05) is 0 Å². The van der Waals surface area contributed by atoms with Gasteiger partial charge < -0.3 is 0 Å². The topological polar surface area (TPSA) is 0 Å². The normalized spacial score (nSPS) is 11.2. The number of hydrogen-bond donors (Lipinski definition) is 0. The molecule has 0 aliphatic heterocycles. The van der Waals surface area contributed by atoms with Gasteiger partial charge in [-0.25, -0.2) is 0 Å². The Balaban J connectivity index is 0.00000172. The molecular weight excluding hydrogens is 240 g/mol. The molecule has 1 rings (SSSR count). The van der Waals surface area contributed by atoms with Crippen molar-refractivity contribution in [2.75, 3.05) is 0 Å². The summed E-state index contributed by atoms with van der Waals surface area (Å²) in [7, 11) is 0. The molecule has 0 N–H and O–H groups in total. The number of rotatable bonds is 6. The van der Waals surface area contributed by atoms with Crippen LogP contribution in [0.4, 0.5) is 0 Å². The molecule has 1 aromatic rings. The van der Waals surface area contributed by atoms with Gasteiger partial charge in [-0.1, -0.05) is 87.2 Å². The average Bonchev–Trinajstić information content (AvgIpc) is 2.49. The Labute approximate surface area is 124 Å². The van der Waals surface area contributed by atoms with E-state index in [2.05, 4.69) is 37.9 Å². The van der Waals surface area contributed by atoms with Gasteiger partial charge in [-0.15, -0.1) is 6.58 Å². The maximum atomic E-state index is 3.90. The summed E-state index contributed by atoms with van der Waals surface area (Å²) in [5, 5.41) is 0. The second-order valence-corrected chi connectivity index (χ2v) is 4.18. The van der Waals surface area contributed by atoms with Crippen LogP contribution in [0.1, 0.15) is 32.8 Å². The van der Waals surface area contributed by atoms with Crippen LogP contribution in [0.5, 0.6) is 0 Å². The molecule has 0 aliphatic carbocycles. The smallest absolute Gasteiger partial charge is 0.00942 e. The van der Waals surface area contributed by atoms with Crippen LogP contribution in [-0.2, 0) is 0 Å². The Morgan fingerprint density at radius 2 is 1.65 bits per heavy atom. The van der Waals surface area contributed by atoms with Crippen LogP contribution >= 0.6 is 0 Å². The summed E-state index contributed by atoms with van der Waals surface area (Å²) in [4.78, 5) is 0. The highest BCUT2D eigenvalue weighted by molar-refractivity contribution is 5.79. The maximum Gasteiger partial charge on any atom is -0.00942 e. The Morgan fingerprint density at radius 3 is 2.10 bits per heavy atom. The monoisotopic (exact) mass is 266 g/mol. The third-order valence-electron chi connectivity index (χ3n) is 2.58. The molecular formula is C20H26. The highest BCUT2D eigenvalue weighted by Crippen LogP contribution is 2.23. The summed E-state index contributed by atoms with van der Waals surface area (Å²) in [5.74, 6) is 0. The Kier molecular flexibility index (Phi) is 9.68. The first-order valence-corrected chi connectivity index (χ1v) is 7.04. The van der Waals surface area contributed by atoms with Crippen molar-refractivity contribution in [3.63, 3.8) is 0 Å². The van der Waals surface area contributed by atoms with Crippen LogP contribution in [0, 0.1) is 0 Å². The first-order chi connectivity index (χ1) is 9.69. The SMILES string of the molecule is C=CC/C(C=C)=C(\C=C/C(=C)C)c1ccccc1.CC. The van der Waals surface area contributed by atoms with Crippen molar-refractivity contribution in [2.45, 2.75) is 27.2 Å². The minimum absolute atomic E-state index is 0.814. The Bertz CT molecular complexity index is 484. The van der Waals surface area contributed by atoms with E-state index in [0.29, 0.717) is 0 Å². The van der Waals surface area contributed by atoms with Gasteiger partial charge in [0.05, 0.1) is 0 Å². The standard InChI is InChI=1S/C18H20.C2H6/c1-5-10-16(6-2)18(14-13-15(3)4)17-11-8-7-9-12-17;1-2/h5-9,11-14H,1-3,10H2,4H3;1-2H3/b14-13-,18-16+;. The van der Waals surface area contributed by atoms with Crippen LogP contribution in [0.15, 0.2) is 85.5 Å². The van der Waals surface area contributed by atoms with Crippen molar-refractivity contribution in [3.8, 4) is 0 Å².